The first-order chi connectivity index (χ1) is 7.17. The molecule has 0 aliphatic carbocycles. The second kappa shape index (κ2) is 5.48. The van der Waals surface area contributed by atoms with E-state index in [1.165, 1.54) is 6.92 Å². The minimum atomic E-state index is -0.392. The largest absolute Gasteiger partial charge is 0.427 e. The second-order valence-electron chi connectivity index (χ2n) is 2.97. The van der Waals surface area contributed by atoms with Crippen LogP contribution in [0.1, 0.15) is 18.8 Å². The van der Waals surface area contributed by atoms with Crippen molar-refractivity contribution in [2.75, 3.05) is 14.2 Å². The minimum Gasteiger partial charge on any atom is -0.427 e. The third kappa shape index (κ3) is 3.34. The smallest absolute Gasteiger partial charge is 0.308 e. The molecule has 0 radical (unpaired) electrons. The van der Waals surface area contributed by atoms with Gasteiger partial charge in [-0.3, -0.25) is 4.79 Å². The maximum atomic E-state index is 10.7. The van der Waals surface area contributed by atoms with E-state index in [2.05, 4.69) is 0 Å². The fourth-order valence-electron chi connectivity index (χ4n) is 1.23. The Balaban J connectivity index is 2.75. The molecule has 0 heterocycles. The number of rotatable bonds is 4. The number of carbonyl (C=O) groups is 1. The first kappa shape index (κ1) is 11.7. The van der Waals surface area contributed by atoms with Crippen LogP contribution in [-0.4, -0.2) is 20.2 Å². The number of ether oxygens (including phenoxy) is 3. The summed E-state index contributed by atoms with van der Waals surface area (Å²) in [6.45, 7) is 1.36. The minimum absolute atomic E-state index is 0.335. The van der Waals surface area contributed by atoms with Crippen LogP contribution in [0.5, 0.6) is 5.75 Å². The van der Waals surface area contributed by atoms with Gasteiger partial charge in [-0.05, 0) is 12.1 Å². The molecule has 1 rings (SSSR count). The lowest BCUT2D eigenvalue weighted by atomic mass is 10.2. The molecule has 0 spiro atoms. The molecule has 0 amide bonds. The molecule has 0 aliphatic heterocycles. The molecule has 0 saturated carbocycles. The van der Waals surface area contributed by atoms with Crippen LogP contribution < -0.4 is 4.74 Å². The first-order valence-electron chi connectivity index (χ1n) is 4.51. The zero-order valence-electron chi connectivity index (χ0n) is 9.02. The summed E-state index contributed by atoms with van der Waals surface area (Å²) < 4.78 is 15.0. The Hall–Kier alpha value is -1.39. The van der Waals surface area contributed by atoms with E-state index in [1.807, 2.05) is 0 Å². The van der Waals surface area contributed by atoms with Gasteiger partial charge in [-0.25, -0.2) is 0 Å². The van der Waals surface area contributed by atoms with E-state index < -0.39 is 6.29 Å². The molecule has 4 heteroatoms. The van der Waals surface area contributed by atoms with Gasteiger partial charge in [-0.1, -0.05) is 12.1 Å². The Bertz CT molecular complexity index is 314. The number of hydrogen-bond donors (Lipinski definition) is 0. The van der Waals surface area contributed by atoms with Crippen molar-refractivity contribution in [2.45, 2.75) is 13.2 Å². The molecule has 1 aromatic carbocycles. The van der Waals surface area contributed by atoms with Gasteiger partial charge in [-0.15, -0.1) is 0 Å². The van der Waals surface area contributed by atoms with Crippen LogP contribution in [0.25, 0.3) is 0 Å². The van der Waals surface area contributed by atoms with Gasteiger partial charge in [0.2, 0.25) is 0 Å². The molecule has 0 bridgehead atoms. The molecule has 0 fully saturated rings. The van der Waals surface area contributed by atoms with Gasteiger partial charge in [0.25, 0.3) is 0 Å². The third-order valence-corrected chi connectivity index (χ3v) is 1.84. The molecule has 15 heavy (non-hydrogen) atoms. The predicted molar refractivity (Wildman–Crippen MR) is 54.5 cm³/mol. The van der Waals surface area contributed by atoms with Crippen molar-refractivity contribution in [3.05, 3.63) is 29.8 Å². The van der Waals surface area contributed by atoms with Crippen molar-refractivity contribution >= 4 is 5.97 Å². The van der Waals surface area contributed by atoms with Crippen molar-refractivity contribution in [3.63, 3.8) is 0 Å². The van der Waals surface area contributed by atoms with E-state index in [0.717, 1.165) is 5.56 Å². The van der Waals surface area contributed by atoms with E-state index in [-0.39, 0.29) is 5.97 Å². The van der Waals surface area contributed by atoms with Gasteiger partial charge < -0.3 is 14.2 Å². The van der Waals surface area contributed by atoms with Crippen LogP contribution >= 0.6 is 0 Å². The molecular weight excluding hydrogens is 196 g/mol. The summed E-state index contributed by atoms with van der Waals surface area (Å²) in [6.07, 6.45) is -0.392. The van der Waals surface area contributed by atoms with Crippen molar-refractivity contribution in [2.24, 2.45) is 0 Å². The van der Waals surface area contributed by atoms with Crippen LogP contribution in [0.3, 0.4) is 0 Å². The van der Waals surface area contributed by atoms with Crippen LogP contribution in [0.2, 0.25) is 0 Å². The molecule has 0 N–H and O–H groups in total. The van der Waals surface area contributed by atoms with E-state index in [0.29, 0.717) is 5.75 Å². The number of esters is 1. The normalized spacial score (nSPS) is 10.4. The van der Waals surface area contributed by atoms with Crippen LogP contribution in [-0.2, 0) is 14.3 Å². The van der Waals surface area contributed by atoms with Gasteiger partial charge in [-0.2, -0.15) is 0 Å². The summed E-state index contributed by atoms with van der Waals surface area (Å²) in [6, 6.07) is 6.97. The quantitative estimate of drug-likeness (QED) is 0.432. The Morgan fingerprint density at radius 2 is 1.67 bits per heavy atom. The molecule has 82 valence electrons. The van der Waals surface area contributed by atoms with Crippen LogP contribution in [0, 0.1) is 0 Å². The zero-order chi connectivity index (χ0) is 11.3. The molecule has 0 saturated heterocycles. The average molecular weight is 210 g/mol. The van der Waals surface area contributed by atoms with Crippen molar-refractivity contribution < 1.29 is 19.0 Å². The lowest BCUT2D eigenvalue weighted by Gasteiger charge is -2.13. The lowest BCUT2D eigenvalue weighted by molar-refractivity contribution is -0.131. The number of hydrogen-bond acceptors (Lipinski definition) is 4. The van der Waals surface area contributed by atoms with Gasteiger partial charge >= 0.3 is 5.97 Å². The second-order valence-corrected chi connectivity index (χ2v) is 2.97. The van der Waals surface area contributed by atoms with E-state index in [4.69, 9.17) is 14.2 Å². The summed E-state index contributed by atoms with van der Waals surface area (Å²) in [5, 5.41) is 0. The summed E-state index contributed by atoms with van der Waals surface area (Å²) in [5.41, 5.74) is 0.871. The number of carbonyl (C=O) groups excluding carboxylic acids is 1. The van der Waals surface area contributed by atoms with Gasteiger partial charge in [0.15, 0.2) is 6.29 Å². The fraction of sp³-hybridized carbons (Fsp3) is 0.364. The SMILES string of the molecule is COC(OC)c1ccc(OC(C)=O)cc1. The van der Waals surface area contributed by atoms with E-state index in [1.54, 1.807) is 38.5 Å². The topological polar surface area (TPSA) is 44.8 Å². The van der Waals surface area contributed by atoms with Crippen LogP contribution in [0.15, 0.2) is 24.3 Å². The first-order valence-corrected chi connectivity index (χ1v) is 4.51. The maximum absolute atomic E-state index is 10.7. The maximum Gasteiger partial charge on any atom is 0.308 e. The Morgan fingerprint density at radius 1 is 1.13 bits per heavy atom. The van der Waals surface area contributed by atoms with Crippen molar-refractivity contribution in [3.8, 4) is 5.75 Å². The van der Waals surface area contributed by atoms with E-state index in [9.17, 15) is 4.79 Å². The highest BCUT2D eigenvalue weighted by atomic mass is 16.7. The van der Waals surface area contributed by atoms with Crippen molar-refractivity contribution in [1.29, 1.82) is 0 Å². The molecule has 0 aliphatic rings. The highest BCUT2D eigenvalue weighted by molar-refractivity contribution is 5.69. The van der Waals surface area contributed by atoms with Gasteiger partial charge in [0.1, 0.15) is 5.75 Å². The Kier molecular flexibility index (Phi) is 4.27. The highest BCUT2D eigenvalue weighted by Gasteiger charge is 2.08. The Labute approximate surface area is 88.8 Å². The monoisotopic (exact) mass is 210 g/mol. The zero-order valence-corrected chi connectivity index (χ0v) is 9.02. The molecule has 0 aromatic heterocycles. The van der Waals surface area contributed by atoms with Crippen LogP contribution in [0.4, 0.5) is 0 Å². The Morgan fingerprint density at radius 3 is 2.07 bits per heavy atom. The summed E-state index contributed by atoms with van der Waals surface area (Å²) in [4.78, 5) is 10.7. The predicted octanol–water partition coefficient (Wildman–Crippen LogP) is 1.90. The molecule has 0 unspecified atom stereocenters. The molecule has 4 nitrogen and oxygen atoms in total. The summed E-state index contributed by atoms with van der Waals surface area (Å²) in [5.74, 6) is 0.176. The molecule has 0 atom stereocenters. The molecular formula is C11H14O4. The van der Waals surface area contributed by atoms with Crippen molar-refractivity contribution in [1.82, 2.24) is 0 Å². The number of methoxy groups -OCH3 is 2. The summed E-state index contributed by atoms with van der Waals surface area (Å²) in [7, 11) is 3.13. The highest BCUT2D eigenvalue weighted by Crippen LogP contribution is 2.20. The average Bonchev–Trinajstić information content (AvgIpc) is 2.21. The van der Waals surface area contributed by atoms with E-state index >= 15 is 0 Å². The summed E-state index contributed by atoms with van der Waals surface area (Å²) >= 11 is 0. The molecule has 1 aromatic rings. The number of benzene rings is 1. The standard InChI is InChI=1S/C11H14O4/c1-8(12)15-10-6-4-9(5-7-10)11(13-2)14-3/h4-7,11H,1-3H3. The third-order valence-electron chi connectivity index (χ3n) is 1.84. The van der Waals surface area contributed by atoms with Gasteiger partial charge in [0.05, 0.1) is 0 Å². The fourth-order valence-corrected chi connectivity index (χ4v) is 1.23. The lowest BCUT2D eigenvalue weighted by Crippen LogP contribution is -2.04. The van der Waals surface area contributed by atoms with Gasteiger partial charge in [0, 0.05) is 26.7 Å².